The topological polar surface area (TPSA) is 63.2 Å². The molecule has 0 aromatic carbocycles. The molecule has 1 saturated heterocycles. The van der Waals surface area contributed by atoms with Crippen molar-refractivity contribution in [3.05, 3.63) is 0 Å². The van der Waals surface area contributed by atoms with Gasteiger partial charge in [-0.2, -0.15) is 0 Å². The van der Waals surface area contributed by atoms with Crippen LogP contribution in [0.3, 0.4) is 0 Å². The van der Waals surface area contributed by atoms with Crippen LogP contribution in [0.1, 0.15) is 39.0 Å². The van der Waals surface area contributed by atoms with Crippen molar-refractivity contribution in [1.82, 2.24) is 5.32 Å². The molecule has 1 amide bonds. The highest BCUT2D eigenvalue weighted by Crippen LogP contribution is 2.25. The number of amides is 1. The van der Waals surface area contributed by atoms with Crippen molar-refractivity contribution in [2.75, 3.05) is 17.3 Å². The van der Waals surface area contributed by atoms with Crippen molar-refractivity contribution >= 4 is 27.5 Å². The lowest BCUT2D eigenvalue weighted by Crippen LogP contribution is -2.42. The normalized spacial score (nSPS) is 34.1. The van der Waals surface area contributed by atoms with Crippen molar-refractivity contribution < 1.29 is 13.2 Å². The minimum absolute atomic E-state index is 0.0630. The molecule has 0 bridgehead atoms. The average molecular weight is 305 g/mol. The van der Waals surface area contributed by atoms with Crippen LogP contribution in [0.25, 0.3) is 0 Å². The van der Waals surface area contributed by atoms with Crippen LogP contribution in [0.5, 0.6) is 0 Å². The summed E-state index contributed by atoms with van der Waals surface area (Å²) in [4.78, 5) is 11.9. The van der Waals surface area contributed by atoms with Crippen LogP contribution in [0.15, 0.2) is 0 Å². The van der Waals surface area contributed by atoms with Gasteiger partial charge in [0.25, 0.3) is 0 Å². The van der Waals surface area contributed by atoms with Crippen LogP contribution in [-0.2, 0) is 14.6 Å². The first-order valence-corrected chi connectivity index (χ1v) is 9.95. The van der Waals surface area contributed by atoms with Gasteiger partial charge in [-0.3, -0.25) is 4.79 Å². The molecule has 110 valence electrons. The van der Waals surface area contributed by atoms with Crippen molar-refractivity contribution in [3.63, 3.8) is 0 Å². The Labute approximate surface area is 120 Å². The maximum Gasteiger partial charge on any atom is 0.230 e. The Bertz CT molecular complexity index is 422. The van der Waals surface area contributed by atoms with Crippen LogP contribution in [0, 0.1) is 5.92 Å². The molecule has 3 atom stereocenters. The maximum atomic E-state index is 11.9. The number of carbonyl (C=O) groups is 1. The van der Waals surface area contributed by atoms with Crippen LogP contribution < -0.4 is 5.32 Å². The molecule has 1 heterocycles. The smallest absolute Gasteiger partial charge is 0.230 e. The first kappa shape index (κ1) is 15.2. The Kier molecular flexibility index (Phi) is 5.17. The first-order chi connectivity index (χ1) is 8.96. The van der Waals surface area contributed by atoms with Crippen LogP contribution in [0.2, 0.25) is 0 Å². The molecule has 2 fully saturated rings. The minimum Gasteiger partial charge on any atom is -0.352 e. The highest BCUT2D eigenvalue weighted by molar-refractivity contribution is 8.02. The van der Waals surface area contributed by atoms with Gasteiger partial charge in [0.05, 0.1) is 17.3 Å². The molecule has 6 heteroatoms. The molecule has 0 radical (unpaired) electrons. The molecule has 4 nitrogen and oxygen atoms in total. The standard InChI is InChI=1S/C13H23NO3S2/c1-10-4-2-3-5-12(10)14-13(15)8-18-11-6-7-19(16,17)9-11/h10-12H,2-9H2,1H3,(H,14,15). The highest BCUT2D eigenvalue weighted by atomic mass is 32.2. The van der Waals surface area contributed by atoms with E-state index in [9.17, 15) is 13.2 Å². The number of hydrogen-bond donors (Lipinski definition) is 1. The van der Waals surface area contributed by atoms with E-state index in [0.717, 1.165) is 6.42 Å². The maximum absolute atomic E-state index is 11.9. The monoisotopic (exact) mass is 305 g/mol. The molecular formula is C13H23NO3S2. The third kappa shape index (κ3) is 4.67. The van der Waals surface area contributed by atoms with Gasteiger partial charge < -0.3 is 5.32 Å². The lowest BCUT2D eigenvalue weighted by Gasteiger charge is -2.29. The Morgan fingerprint density at radius 3 is 2.63 bits per heavy atom. The van der Waals surface area contributed by atoms with Gasteiger partial charge in [0.2, 0.25) is 5.91 Å². The van der Waals surface area contributed by atoms with E-state index in [-0.39, 0.29) is 22.7 Å². The lowest BCUT2D eigenvalue weighted by molar-refractivity contribution is -0.119. The third-order valence-corrected chi connectivity index (χ3v) is 7.38. The number of thioether (sulfide) groups is 1. The van der Waals surface area contributed by atoms with E-state index in [0.29, 0.717) is 24.1 Å². The molecule has 2 rings (SSSR count). The zero-order chi connectivity index (χ0) is 13.9. The SMILES string of the molecule is CC1CCCCC1NC(=O)CSC1CCS(=O)(=O)C1. The molecule has 0 spiro atoms. The molecule has 0 aromatic heterocycles. The van der Waals surface area contributed by atoms with Crippen molar-refractivity contribution in [2.24, 2.45) is 5.92 Å². The van der Waals surface area contributed by atoms with Gasteiger partial charge >= 0.3 is 0 Å². The van der Waals surface area contributed by atoms with Gasteiger partial charge in [0.1, 0.15) is 0 Å². The number of rotatable bonds is 4. The van der Waals surface area contributed by atoms with E-state index in [1.807, 2.05) is 0 Å². The van der Waals surface area contributed by atoms with Gasteiger partial charge in [0, 0.05) is 11.3 Å². The predicted octanol–water partition coefficient (Wildman–Crippen LogP) is 1.60. The molecule has 3 unspecified atom stereocenters. The summed E-state index contributed by atoms with van der Waals surface area (Å²) in [5.41, 5.74) is 0. The fourth-order valence-electron chi connectivity index (χ4n) is 2.87. The van der Waals surface area contributed by atoms with Gasteiger partial charge in [0.15, 0.2) is 9.84 Å². The quantitative estimate of drug-likeness (QED) is 0.857. The van der Waals surface area contributed by atoms with E-state index in [2.05, 4.69) is 12.2 Å². The predicted molar refractivity (Wildman–Crippen MR) is 79.1 cm³/mol. The molecule has 19 heavy (non-hydrogen) atoms. The van der Waals surface area contributed by atoms with Crippen LogP contribution in [-0.4, -0.2) is 42.9 Å². The Morgan fingerprint density at radius 2 is 2.00 bits per heavy atom. The summed E-state index contributed by atoms with van der Waals surface area (Å²) in [7, 11) is -2.83. The fraction of sp³-hybridized carbons (Fsp3) is 0.923. The molecule has 2 aliphatic rings. The second-order valence-corrected chi connectivity index (χ2v) is 9.29. The zero-order valence-corrected chi connectivity index (χ0v) is 13.1. The molecule has 0 aromatic rings. The lowest BCUT2D eigenvalue weighted by atomic mass is 9.86. The van der Waals surface area contributed by atoms with Crippen LogP contribution >= 0.6 is 11.8 Å². The minimum atomic E-state index is -2.83. The number of sulfone groups is 1. The largest absolute Gasteiger partial charge is 0.352 e. The Morgan fingerprint density at radius 1 is 1.26 bits per heavy atom. The molecule has 1 N–H and O–H groups in total. The van der Waals surface area contributed by atoms with E-state index in [4.69, 9.17) is 0 Å². The first-order valence-electron chi connectivity index (χ1n) is 7.08. The molecular weight excluding hydrogens is 282 g/mol. The average Bonchev–Trinajstić information content (AvgIpc) is 2.69. The summed E-state index contributed by atoms with van der Waals surface area (Å²) < 4.78 is 22.7. The van der Waals surface area contributed by atoms with Crippen molar-refractivity contribution in [2.45, 2.75) is 50.3 Å². The van der Waals surface area contributed by atoms with Gasteiger partial charge in [-0.15, -0.1) is 11.8 Å². The number of nitrogens with one attached hydrogen (secondary N) is 1. The zero-order valence-electron chi connectivity index (χ0n) is 11.4. The van der Waals surface area contributed by atoms with Crippen LogP contribution in [0.4, 0.5) is 0 Å². The molecule has 1 aliphatic heterocycles. The number of carbonyl (C=O) groups excluding carboxylic acids is 1. The van der Waals surface area contributed by atoms with Crippen molar-refractivity contribution in [3.8, 4) is 0 Å². The Hall–Kier alpha value is -0.230. The highest BCUT2D eigenvalue weighted by Gasteiger charge is 2.29. The van der Waals surface area contributed by atoms with Crippen molar-refractivity contribution in [1.29, 1.82) is 0 Å². The third-order valence-electron chi connectivity index (χ3n) is 4.10. The summed E-state index contributed by atoms with van der Waals surface area (Å²) in [6, 6.07) is 0.314. The number of hydrogen-bond acceptors (Lipinski definition) is 4. The van der Waals surface area contributed by atoms with E-state index >= 15 is 0 Å². The van der Waals surface area contributed by atoms with Gasteiger partial charge in [-0.05, 0) is 25.2 Å². The second-order valence-electron chi connectivity index (χ2n) is 5.77. The fourth-order valence-corrected chi connectivity index (χ4v) is 6.32. The summed E-state index contributed by atoms with van der Waals surface area (Å²) in [5, 5.41) is 3.21. The summed E-state index contributed by atoms with van der Waals surface area (Å²) >= 11 is 1.49. The second kappa shape index (κ2) is 6.48. The van der Waals surface area contributed by atoms with E-state index < -0.39 is 9.84 Å². The van der Waals surface area contributed by atoms with Gasteiger partial charge in [-0.1, -0.05) is 19.8 Å². The van der Waals surface area contributed by atoms with Gasteiger partial charge in [-0.25, -0.2) is 8.42 Å². The molecule has 1 saturated carbocycles. The summed E-state index contributed by atoms with van der Waals surface area (Å²) in [5.74, 6) is 1.54. The van der Waals surface area contributed by atoms with E-state index in [1.54, 1.807) is 0 Å². The summed E-state index contributed by atoms with van der Waals surface area (Å²) in [6.07, 6.45) is 5.43. The molecule has 1 aliphatic carbocycles. The summed E-state index contributed by atoms with van der Waals surface area (Å²) in [6.45, 7) is 2.20. The van der Waals surface area contributed by atoms with E-state index in [1.165, 1.54) is 31.0 Å². The Balaban J connectivity index is 1.70.